The Labute approximate surface area is 159 Å². The van der Waals surface area contributed by atoms with E-state index in [-0.39, 0.29) is 6.42 Å². The fraction of sp³-hybridized carbons (Fsp3) is 0.533. The molecule has 4 atom stereocenters. The van der Waals surface area contributed by atoms with Crippen LogP contribution in [0.3, 0.4) is 0 Å². The minimum Gasteiger partial charge on any atom is -0.480 e. The van der Waals surface area contributed by atoms with Crippen molar-refractivity contribution in [2.45, 2.75) is 37.5 Å². The van der Waals surface area contributed by atoms with Crippen molar-refractivity contribution in [2.75, 3.05) is 13.2 Å². The quantitative estimate of drug-likeness (QED) is 0.180. The smallest absolute Gasteiger partial charge is 0.328 e. The van der Waals surface area contributed by atoms with Gasteiger partial charge >= 0.3 is 5.97 Å². The summed E-state index contributed by atoms with van der Waals surface area (Å²) in [6.07, 6.45) is 2.73. The highest BCUT2D eigenvalue weighted by molar-refractivity contribution is 5.94. The predicted molar refractivity (Wildman–Crippen MR) is 93.5 cm³/mol. The number of aromatic nitrogens is 2. The summed E-state index contributed by atoms with van der Waals surface area (Å²) in [5.74, 6) is -3.80. The molecule has 0 radical (unpaired) electrons. The zero-order chi connectivity index (χ0) is 21.3. The number of nitrogens with two attached hydrogens (primary N) is 1. The van der Waals surface area contributed by atoms with E-state index in [0.717, 1.165) is 0 Å². The zero-order valence-electron chi connectivity index (χ0n) is 15.1. The summed E-state index contributed by atoms with van der Waals surface area (Å²) in [5.41, 5.74) is 5.84. The number of aliphatic carboxylic acids is 1. The molecule has 1 heterocycles. The van der Waals surface area contributed by atoms with Crippen LogP contribution in [0.15, 0.2) is 12.5 Å². The third kappa shape index (κ3) is 6.94. The van der Waals surface area contributed by atoms with Crippen LogP contribution >= 0.6 is 0 Å². The van der Waals surface area contributed by atoms with E-state index < -0.39 is 61.1 Å². The molecule has 4 unspecified atom stereocenters. The molecule has 13 heteroatoms. The highest BCUT2D eigenvalue weighted by Crippen LogP contribution is 2.01. The zero-order valence-corrected chi connectivity index (χ0v) is 15.1. The fourth-order valence-electron chi connectivity index (χ4n) is 2.05. The molecule has 0 spiro atoms. The first-order valence-corrected chi connectivity index (χ1v) is 8.28. The van der Waals surface area contributed by atoms with E-state index >= 15 is 0 Å². The summed E-state index contributed by atoms with van der Waals surface area (Å²) in [5, 5.41) is 33.6. The third-order valence-electron chi connectivity index (χ3n) is 3.69. The minimum atomic E-state index is -1.55. The van der Waals surface area contributed by atoms with Gasteiger partial charge in [-0.3, -0.25) is 14.4 Å². The summed E-state index contributed by atoms with van der Waals surface area (Å²) >= 11 is 0. The molecule has 0 aliphatic heterocycles. The lowest BCUT2D eigenvalue weighted by Crippen LogP contribution is -2.57. The van der Waals surface area contributed by atoms with Gasteiger partial charge in [0.1, 0.15) is 24.2 Å². The van der Waals surface area contributed by atoms with Gasteiger partial charge in [0.2, 0.25) is 17.7 Å². The van der Waals surface area contributed by atoms with E-state index in [1.807, 2.05) is 0 Å². The predicted octanol–water partition coefficient (Wildman–Crippen LogP) is -4.18. The van der Waals surface area contributed by atoms with Crippen molar-refractivity contribution in [3.05, 3.63) is 18.2 Å². The molecule has 28 heavy (non-hydrogen) atoms. The van der Waals surface area contributed by atoms with Crippen molar-refractivity contribution >= 4 is 23.7 Å². The monoisotopic (exact) mass is 400 g/mol. The van der Waals surface area contributed by atoms with Gasteiger partial charge in [0.15, 0.2) is 0 Å². The van der Waals surface area contributed by atoms with Crippen molar-refractivity contribution in [3.63, 3.8) is 0 Å². The molecule has 156 valence electrons. The number of hydrogen-bond donors (Lipinski definition) is 8. The van der Waals surface area contributed by atoms with Gasteiger partial charge in [-0.25, -0.2) is 9.78 Å². The highest BCUT2D eigenvalue weighted by atomic mass is 16.4. The molecule has 1 aromatic rings. The fourth-order valence-corrected chi connectivity index (χ4v) is 2.05. The molecule has 0 saturated carbocycles. The standard InChI is InChI=1S/C15H24N6O7/c1-7(19-13(25)9(16)4-22)12(24)20-10(2-8-3-17-6-18-8)14(26)21-11(5-23)15(27)28/h3,6-7,9-11,22-23H,2,4-5,16H2,1H3,(H,17,18)(H,19,25)(H,20,24)(H,21,26)(H,27,28). The number of carboxylic acids is 1. The van der Waals surface area contributed by atoms with Gasteiger partial charge in [-0.05, 0) is 6.92 Å². The van der Waals surface area contributed by atoms with E-state index in [1.165, 1.54) is 19.4 Å². The molecule has 1 aromatic heterocycles. The Hall–Kier alpha value is -3.03. The normalized spacial score (nSPS) is 15.0. The molecular formula is C15H24N6O7. The van der Waals surface area contributed by atoms with Gasteiger partial charge in [0, 0.05) is 18.3 Å². The number of carboxylic acid groups (broad SMARTS) is 1. The van der Waals surface area contributed by atoms with Crippen LogP contribution in [0.2, 0.25) is 0 Å². The van der Waals surface area contributed by atoms with Crippen LogP contribution in [-0.2, 0) is 25.6 Å². The number of rotatable bonds is 11. The Morgan fingerprint density at radius 1 is 1.07 bits per heavy atom. The first kappa shape index (κ1) is 23.0. The van der Waals surface area contributed by atoms with E-state index in [0.29, 0.717) is 5.69 Å². The molecule has 13 nitrogen and oxygen atoms in total. The second-order valence-corrected chi connectivity index (χ2v) is 5.94. The average Bonchev–Trinajstić information content (AvgIpc) is 3.17. The number of imidazole rings is 1. The molecule has 0 fully saturated rings. The Morgan fingerprint density at radius 3 is 2.21 bits per heavy atom. The molecule has 9 N–H and O–H groups in total. The van der Waals surface area contributed by atoms with Gasteiger partial charge in [0.25, 0.3) is 0 Å². The maximum atomic E-state index is 12.4. The van der Waals surface area contributed by atoms with Gasteiger partial charge in [0.05, 0.1) is 19.5 Å². The van der Waals surface area contributed by atoms with Crippen molar-refractivity contribution in [2.24, 2.45) is 5.73 Å². The maximum absolute atomic E-state index is 12.4. The number of aliphatic hydroxyl groups excluding tert-OH is 2. The number of nitrogens with one attached hydrogen (secondary N) is 4. The number of carbonyl (C=O) groups excluding carboxylic acids is 3. The maximum Gasteiger partial charge on any atom is 0.328 e. The van der Waals surface area contributed by atoms with Crippen molar-refractivity contribution in [1.29, 1.82) is 0 Å². The van der Waals surface area contributed by atoms with Crippen LogP contribution in [0.4, 0.5) is 0 Å². The number of hydrogen-bond acceptors (Lipinski definition) is 8. The Morgan fingerprint density at radius 2 is 1.71 bits per heavy atom. The summed E-state index contributed by atoms with van der Waals surface area (Å²) < 4.78 is 0. The molecule has 3 amide bonds. The van der Waals surface area contributed by atoms with Crippen LogP contribution in [0.1, 0.15) is 12.6 Å². The lowest BCUT2D eigenvalue weighted by molar-refractivity contribution is -0.143. The van der Waals surface area contributed by atoms with Crippen molar-refractivity contribution < 1.29 is 34.5 Å². The lowest BCUT2D eigenvalue weighted by Gasteiger charge is -2.23. The topological polar surface area (TPSA) is 220 Å². The van der Waals surface area contributed by atoms with Gasteiger partial charge in [-0.15, -0.1) is 0 Å². The van der Waals surface area contributed by atoms with Crippen LogP contribution in [0.5, 0.6) is 0 Å². The molecule has 0 aliphatic carbocycles. The largest absolute Gasteiger partial charge is 0.480 e. The average molecular weight is 400 g/mol. The van der Waals surface area contributed by atoms with Gasteiger partial charge in [-0.2, -0.15) is 0 Å². The number of nitrogens with zero attached hydrogens (tertiary/aromatic N) is 1. The van der Waals surface area contributed by atoms with E-state index in [9.17, 15) is 19.2 Å². The van der Waals surface area contributed by atoms with Crippen LogP contribution in [0.25, 0.3) is 0 Å². The number of carbonyl (C=O) groups is 4. The Kier molecular flexibility index (Phi) is 9.01. The van der Waals surface area contributed by atoms with E-state index in [1.54, 1.807) is 0 Å². The van der Waals surface area contributed by atoms with Gasteiger partial charge in [-0.1, -0.05) is 0 Å². The van der Waals surface area contributed by atoms with E-state index in [4.69, 9.17) is 21.1 Å². The third-order valence-corrected chi connectivity index (χ3v) is 3.69. The summed E-state index contributed by atoms with van der Waals surface area (Å²) in [4.78, 5) is 53.9. The Balaban J connectivity index is 2.84. The lowest BCUT2D eigenvalue weighted by atomic mass is 10.1. The number of amides is 3. The van der Waals surface area contributed by atoms with Crippen LogP contribution in [0, 0.1) is 0 Å². The SMILES string of the molecule is CC(NC(=O)C(N)CO)C(=O)NC(Cc1cnc[nH]1)C(=O)NC(CO)C(=O)O. The molecule has 0 aliphatic rings. The summed E-state index contributed by atoms with van der Waals surface area (Å²) in [7, 11) is 0. The molecule has 0 saturated heterocycles. The van der Waals surface area contributed by atoms with Crippen molar-refractivity contribution in [3.8, 4) is 0 Å². The Bertz CT molecular complexity index is 680. The summed E-state index contributed by atoms with van der Waals surface area (Å²) in [6.45, 7) is -0.101. The minimum absolute atomic E-state index is 0.0494. The van der Waals surface area contributed by atoms with E-state index in [2.05, 4.69) is 25.9 Å². The number of aliphatic hydroxyl groups is 2. The van der Waals surface area contributed by atoms with Crippen LogP contribution < -0.4 is 21.7 Å². The molecule has 0 bridgehead atoms. The first-order chi connectivity index (χ1) is 13.2. The summed E-state index contributed by atoms with van der Waals surface area (Å²) in [6, 6.07) is -5.06. The highest BCUT2D eigenvalue weighted by Gasteiger charge is 2.29. The number of aromatic amines is 1. The number of H-pyrrole nitrogens is 1. The molecule has 1 rings (SSSR count). The van der Waals surface area contributed by atoms with Gasteiger partial charge < -0.3 is 42.0 Å². The van der Waals surface area contributed by atoms with Crippen LogP contribution in [-0.4, -0.2) is 86.4 Å². The second kappa shape index (κ2) is 11.0. The van der Waals surface area contributed by atoms with Crippen molar-refractivity contribution in [1.82, 2.24) is 25.9 Å². The molecular weight excluding hydrogens is 376 g/mol. The molecule has 0 aromatic carbocycles. The first-order valence-electron chi connectivity index (χ1n) is 8.28. The second-order valence-electron chi connectivity index (χ2n) is 5.94.